The van der Waals surface area contributed by atoms with Crippen LogP contribution in [-0.4, -0.2) is 43.4 Å². The summed E-state index contributed by atoms with van der Waals surface area (Å²) in [6, 6.07) is 4.21. The van der Waals surface area contributed by atoms with E-state index in [0.29, 0.717) is 13.0 Å². The van der Waals surface area contributed by atoms with Gasteiger partial charge in [0, 0.05) is 24.9 Å². The van der Waals surface area contributed by atoms with Crippen LogP contribution in [-0.2, 0) is 15.7 Å². The normalized spacial score (nSPS) is 14.3. The van der Waals surface area contributed by atoms with Gasteiger partial charge in [0.15, 0.2) is 0 Å². The van der Waals surface area contributed by atoms with Gasteiger partial charge in [0.05, 0.1) is 18.7 Å². The van der Waals surface area contributed by atoms with Crippen LogP contribution in [0.15, 0.2) is 24.3 Å². The van der Waals surface area contributed by atoms with E-state index in [1.165, 1.54) is 19.2 Å². The maximum absolute atomic E-state index is 12.4. The van der Waals surface area contributed by atoms with Crippen molar-refractivity contribution in [1.29, 1.82) is 0 Å². The highest BCUT2D eigenvalue weighted by atomic mass is 19.4. The van der Waals surface area contributed by atoms with Gasteiger partial charge in [-0.1, -0.05) is 0 Å². The van der Waals surface area contributed by atoms with E-state index in [0.717, 1.165) is 12.1 Å². The first-order valence-electron chi connectivity index (χ1n) is 7.02. The number of amides is 1. The highest BCUT2D eigenvalue weighted by Gasteiger charge is 2.30. The predicted octanol–water partition coefficient (Wildman–Crippen LogP) is 2.02. The van der Waals surface area contributed by atoms with Crippen molar-refractivity contribution in [2.75, 3.05) is 32.2 Å². The Kier molecular flexibility index (Phi) is 6.99. The molecule has 5 nitrogen and oxygen atoms in total. The fourth-order valence-electron chi connectivity index (χ4n) is 2.02. The van der Waals surface area contributed by atoms with Crippen molar-refractivity contribution < 1.29 is 27.8 Å². The Hall–Kier alpha value is -1.64. The molecule has 1 rings (SSSR count). The molecule has 0 radical (unpaired) electrons. The Labute approximate surface area is 132 Å². The molecule has 1 atom stereocenters. The second kappa shape index (κ2) is 8.28. The molecule has 8 heteroatoms. The molecule has 0 saturated heterocycles. The fraction of sp³-hybridized carbons (Fsp3) is 0.533. The number of hydrogen-bond donors (Lipinski definition) is 3. The first kappa shape index (κ1) is 19.4. The van der Waals surface area contributed by atoms with E-state index in [4.69, 9.17) is 9.84 Å². The van der Waals surface area contributed by atoms with Crippen molar-refractivity contribution in [2.24, 2.45) is 0 Å². The topological polar surface area (TPSA) is 70.6 Å². The summed E-state index contributed by atoms with van der Waals surface area (Å²) in [6.07, 6.45) is -4.01. The van der Waals surface area contributed by atoms with E-state index < -0.39 is 23.2 Å². The minimum absolute atomic E-state index is 0.0547. The molecule has 3 N–H and O–H groups in total. The number of carbonyl (C=O) groups is 1. The Morgan fingerprint density at radius 3 is 2.35 bits per heavy atom. The van der Waals surface area contributed by atoms with Gasteiger partial charge in [-0.2, -0.15) is 13.2 Å². The zero-order valence-electron chi connectivity index (χ0n) is 13.0. The molecule has 0 heterocycles. The lowest BCUT2D eigenvalue weighted by atomic mass is 9.99. The van der Waals surface area contributed by atoms with Crippen molar-refractivity contribution in [3.63, 3.8) is 0 Å². The number of aliphatic hydroxyl groups is 1. The minimum Gasteiger partial charge on any atom is -0.396 e. The summed E-state index contributed by atoms with van der Waals surface area (Å²) in [5.41, 5.74) is -1.06. The first-order chi connectivity index (χ1) is 10.7. The second-order valence-corrected chi connectivity index (χ2v) is 5.44. The van der Waals surface area contributed by atoms with E-state index >= 15 is 0 Å². The maximum atomic E-state index is 12.4. The van der Waals surface area contributed by atoms with E-state index in [9.17, 15) is 18.0 Å². The Bertz CT molecular complexity index is 498. The Morgan fingerprint density at radius 2 is 1.87 bits per heavy atom. The van der Waals surface area contributed by atoms with Crippen molar-refractivity contribution in [1.82, 2.24) is 5.32 Å². The number of aliphatic hydroxyl groups excluding tert-OH is 1. The van der Waals surface area contributed by atoms with Gasteiger partial charge in [0.25, 0.3) is 0 Å². The molecular formula is C15H21F3N2O3. The molecule has 1 unspecified atom stereocenters. The van der Waals surface area contributed by atoms with Gasteiger partial charge in [0.1, 0.15) is 0 Å². The van der Waals surface area contributed by atoms with E-state index in [-0.39, 0.29) is 18.8 Å². The SMILES string of the molecule is COCC(C)(CCO)NCC(=O)Nc1ccc(C(F)(F)F)cc1. The summed E-state index contributed by atoms with van der Waals surface area (Å²) in [5, 5.41) is 14.5. The zero-order chi connectivity index (χ0) is 17.5. The molecule has 1 aromatic carbocycles. The molecule has 0 fully saturated rings. The lowest BCUT2D eigenvalue weighted by Crippen LogP contribution is -2.49. The molecule has 0 spiro atoms. The van der Waals surface area contributed by atoms with Gasteiger partial charge in [-0.25, -0.2) is 0 Å². The molecule has 1 aromatic rings. The number of anilines is 1. The lowest BCUT2D eigenvalue weighted by Gasteiger charge is -2.29. The van der Waals surface area contributed by atoms with Crippen LogP contribution >= 0.6 is 0 Å². The van der Waals surface area contributed by atoms with Crippen LogP contribution in [0.25, 0.3) is 0 Å². The maximum Gasteiger partial charge on any atom is 0.416 e. The third-order valence-electron chi connectivity index (χ3n) is 3.30. The Balaban J connectivity index is 2.56. The molecule has 130 valence electrons. The van der Waals surface area contributed by atoms with Gasteiger partial charge in [0.2, 0.25) is 5.91 Å². The third-order valence-corrected chi connectivity index (χ3v) is 3.30. The molecular weight excluding hydrogens is 313 g/mol. The Morgan fingerprint density at radius 1 is 1.26 bits per heavy atom. The van der Waals surface area contributed by atoms with Gasteiger partial charge in [-0.05, 0) is 37.6 Å². The quantitative estimate of drug-likeness (QED) is 0.680. The number of ether oxygens (including phenoxy) is 1. The number of carbonyl (C=O) groups excluding carboxylic acids is 1. The molecule has 0 aliphatic heterocycles. The number of alkyl halides is 3. The highest BCUT2D eigenvalue weighted by molar-refractivity contribution is 5.92. The summed E-state index contributed by atoms with van der Waals surface area (Å²) >= 11 is 0. The monoisotopic (exact) mass is 334 g/mol. The van der Waals surface area contributed by atoms with Crippen LogP contribution in [0.1, 0.15) is 18.9 Å². The van der Waals surface area contributed by atoms with Gasteiger partial charge in [-0.15, -0.1) is 0 Å². The third kappa shape index (κ3) is 6.55. The summed E-state index contributed by atoms with van der Waals surface area (Å²) in [5.74, 6) is -0.398. The smallest absolute Gasteiger partial charge is 0.396 e. The van der Waals surface area contributed by atoms with Crippen LogP contribution in [0.2, 0.25) is 0 Å². The van der Waals surface area contributed by atoms with E-state index in [1.807, 2.05) is 0 Å². The average Bonchev–Trinajstić information content (AvgIpc) is 2.45. The van der Waals surface area contributed by atoms with Crippen LogP contribution in [0.3, 0.4) is 0 Å². The van der Waals surface area contributed by atoms with Crippen LogP contribution in [0, 0.1) is 0 Å². The zero-order valence-corrected chi connectivity index (χ0v) is 13.0. The van der Waals surface area contributed by atoms with Gasteiger partial charge < -0.3 is 20.5 Å². The van der Waals surface area contributed by atoms with E-state index in [2.05, 4.69) is 10.6 Å². The summed E-state index contributed by atoms with van der Waals surface area (Å²) in [7, 11) is 1.51. The number of benzene rings is 1. The fourth-order valence-corrected chi connectivity index (χ4v) is 2.02. The number of rotatable bonds is 8. The average molecular weight is 334 g/mol. The van der Waals surface area contributed by atoms with Gasteiger partial charge >= 0.3 is 6.18 Å². The first-order valence-corrected chi connectivity index (χ1v) is 7.02. The molecule has 23 heavy (non-hydrogen) atoms. The number of hydrogen-bond acceptors (Lipinski definition) is 4. The van der Waals surface area contributed by atoms with Crippen molar-refractivity contribution in [3.05, 3.63) is 29.8 Å². The molecule has 1 amide bonds. The number of methoxy groups -OCH3 is 1. The largest absolute Gasteiger partial charge is 0.416 e. The van der Waals surface area contributed by atoms with Crippen molar-refractivity contribution in [2.45, 2.75) is 25.1 Å². The number of nitrogens with one attached hydrogen (secondary N) is 2. The minimum atomic E-state index is -4.41. The molecule has 0 aliphatic carbocycles. The van der Waals surface area contributed by atoms with E-state index in [1.54, 1.807) is 6.92 Å². The van der Waals surface area contributed by atoms with Crippen LogP contribution in [0.5, 0.6) is 0 Å². The standard InChI is InChI=1S/C15H21F3N2O3/c1-14(7-8-21,10-23-2)19-9-13(22)20-12-5-3-11(4-6-12)15(16,17)18/h3-6,19,21H,7-10H2,1-2H3,(H,20,22). The number of halogens is 3. The molecule has 0 aromatic heterocycles. The van der Waals surface area contributed by atoms with Crippen molar-refractivity contribution >= 4 is 11.6 Å². The summed E-state index contributed by atoms with van der Waals surface area (Å²) in [4.78, 5) is 11.9. The van der Waals surface area contributed by atoms with Crippen molar-refractivity contribution in [3.8, 4) is 0 Å². The highest BCUT2D eigenvalue weighted by Crippen LogP contribution is 2.29. The lowest BCUT2D eigenvalue weighted by molar-refractivity contribution is -0.137. The summed E-state index contributed by atoms with van der Waals surface area (Å²) in [6.45, 7) is 1.99. The van der Waals surface area contributed by atoms with Gasteiger partial charge in [-0.3, -0.25) is 4.79 Å². The van der Waals surface area contributed by atoms with Crippen LogP contribution < -0.4 is 10.6 Å². The predicted molar refractivity (Wildman–Crippen MR) is 80.1 cm³/mol. The molecule has 0 saturated carbocycles. The summed E-state index contributed by atoms with van der Waals surface area (Å²) < 4.78 is 42.4. The second-order valence-electron chi connectivity index (χ2n) is 5.44. The van der Waals surface area contributed by atoms with Crippen LogP contribution in [0.4, 0.5) is 18.9 Å². The molecule has 0 aliphatic rings. The molecule has 0 bridgehead atoms.